The molecule has 8 saturated heterocycles. The zero-order chi connectivity index (χ0) is 150. The predicted molar refractivity (Wildman–Crippen MR) is 489 cm³/mol. The minimum Gasteiger partial charge on any atom is -0.381 e. The van der Waals surface area contributed by atoms with Crippen molar-refractivity contribution in [3.63, 3.8) is 0 Å². The third-order valence-electron chi connectivity index (χ3n) is 19.3. The van der Waals surface area contributed by atoms with E-state index in [1.807, 2.05) is 5.32 Å². The summed E-state index contributed by atoms with van der Waals surface area (Å²) in [5.74, 6) is -14.8. The van der Waals surface area contributed by atoms with E-state index >= 15 is 0 Å². The summed E-state index contributed by atoms with van der Waals surface area (Å²) < 4.78 is 569. The number of nitrogens with one attached hydrogen (secondary N) is 8. The minimum absolute atomic E-state index is 0.120. The summed E-state index contributed by atoms with van der Waals surface area (Å²) in [7, 11) is 0. The van der Waals surface area contributed by atoms with Gasteiger partial charge in [-0.2, -0.15) is 0 Å². The second kappa shape index (κ2) is 42.5. The molecule has 12 heterocycles. The first-order valence-corrected chi connectivity index (χ1v) is 38.9. The molecule has 688 valence electrons. The van der Waals surface area contributed by atoms with E-state index in [1.54, 1.807) is 5.32 Å². The quantitative estimate of drug-likeness (QED) is 0.0270. The number of carbonyl (C=O) groups excluding carboxylic acids is 12. The van der Waals surface area contributed by atoms with Crippen LogP contribution in [-0.2, 0) is 135 Å². The maximum absolute atomic E-state index is 13.7. The van der Waals surface area contributed by atoms with Gasteiger partial charge in [0.25, 0.3) is 23.6 Å². The summed E-state index contributed by atoms with van der Waals surface area (Å²) in [5.41, 5.74) is -9.38. The molecule has 32 nitrogen and oxygen atoms in total. The van der Waals surface area contributed by atoms with E-state index in [1.165, 1.54) is 53.8 Å². The average molecular weight is 1860 g/mol. The molecule has 8 aromatic rings. The molecule has 0 aromatic heterocycles. The van der Waals surface area contributed by atoms with Crippen LogP contribution in [0.2, 0.25) is 0 Å². The van der Waals surface area contributed by atoms with Crippen molar-refractivity contribution in [3.05, 3.63) is 259 Å². The number of piperidine rings is 4. The van der Waals surface area contributed by atoms with Crippen molar-refractivity contribution in [2.75, 3.05) is 126 Å². The SMILES string of the molecule is [2H]C([2H])(Nc1cccc2c1C([2H])([2H])N(C1([2H])C(=O)NC(=O)C([2H])([2H])C1([2H])[2H])C2=O)c1cccc(C([2H])([2H])N2C([2H])([2H])C([2H])([2H])OC([2H])([2H])C2([2H])[2H])c1.[2H]C([2H])(Nc1cccc2c1C([2H])([2H])N(C1([2H])CCC(=O)NC1=O)C2=O)c1cccc(C([2H])([2H])N2C([2H])([2H])C([2H])([2H])OC([2H])([2H])C2([2H])[2H])c1.[2H]C([2H])(Nc1cccc2c1C([2H])([2H])N(C1C(=O)NC(=O)C([2H])([2H])C1([2H])[2H])C2=O)c1cccc(C([2H])([2H])N2C([2H])([2H])C([2H])([2H])OC([2H])([2H])C2([2H])[2H])c1.[2H]C([2H])(Nc1cccc2c1C([2H])([2H])N(C1CCC(=O)NC1=O)C2=O)c1cccc(C([2H])([2H])N2C([2H])([2H])C([2H])([2H])OC([2H])([2H])C2([2H])[2H])c1. The highest BCUT2D eigenvalue weighted by atomic mass is 16.5. The second-order valence-corrected chi connectivity index (χ2v) is 27.9. The maximum Gasteiger partial charge on any atom is 0.255 e. The van der Waals surface area contributed by atoms with E-state index in [0.717, 1.165) is 121 Å². The van der Waals surface area contributed by atoms with Gasteiger partial charge in [-0.3, -0.25) is 98.4 Å². The Morgan fingerprint density at radius 2 is 0.583 bits per heavy atom. The number of hydrogen-bond donors (Lipinski definition) is 8. The van der Waals surface area contributed by atoms with Crippen molar-refractivity contribution >= 4 is 93.6 Å². The van der Waals surface area contributed by atoms with Gasteiger partial charge in [-0.25, -0.2) is 0 Å². The van der Waals surface area contributed by atoms with Crippen LogP contribution >= 0.6 is 0 Å². The van der Waals surface area contributed by atoms with Gasteiger partial charge in [-0.1, -0.05) is 121 Å². The summed E-state index contributed by atoms with van der Waals surface area (Å²) >= 11 is 0. The smallest absolute Gasteiger partial charge is 0.255 e. The molecule has 32 heteroatoms. The van der Waals surface area contributed by atoms with Crippen LogP contribution in [0.25, 0.3) is 0 Å². The number of amides is 12. The van der Waals surface area contributed by atoms with E-state index in [9.17, 15) is 57.5 Å². The molecule has 0 spiro atoms. The van der Waals surface area contributed by atoms with Crippen LogP contribution in [0.5, 0.6) is 0 Å². The third kappa shape index (κ3) is 22.1. The van der Waals surface area contributed by atoms with Gasteiger partial charge in [-0.15, -0.1) is 0 Å². The Labute approximate surface area is 858 Å². The highest BCUT2D eigenvalue weighted by molar-refractivity contribution is 6.09. The second-order valence-electron chi connectivity index (χ2n) is 27.9. The number of morpholine rings is 4. The molecular formula is C100H112N16O16. The Hall–Kier alpha value is -12.9. The van der Waals surface area contributed by atoms with Gasteiger partial charge >= 0.3 is 0 Å². The number of anilines is 4. The number of fused-ring (bicyclic) bond motifs is 4. The van der Waals surface area contributed by atoms with Crippen molar-refractivity contribution in [3.8, 4) is 0 Å². The molecule has 4 unspecified atom stereocenters. The normalized spacial score (nSPS) is 39.7. The Kier molecular flexibility index (Phi) is 13.2. The zero-order valence-corrected chi connectivity index (χ0v) is 67.3. The van der Waals surface area contributed by atoms with E-state index in [4.69, 9.17) is 90.5 Å². The third-order valence-corrected chi connectivity index (χ3v) is 19.3. The molecule has 8 fully saturated rings. The van der Waals surface area contributed by atoms with Crippen molar-refractivity contribution in [2.24, 2.45) is 0 Å². The van der Waals surface area contributed by atoms with Gasteiger partial charge in [0.1, 0.15) is 24.1 Å². The largest absolute Gasteiger partial charge is 0.381 e. The minimum atomic E-state index is -3.84. The number of imide groups is 4. The lowest BCUT2D eigenvalue weighted by molar-refractivity contribution is -0.138. The fourth-order valence-electron chi connectivity index (χ4n) is 13.3. The Morgan fingerprint density at radius 3 is 0.939 bits per heavy atom. The van der Waals surface area contributed by atoms with Gasteiger partial charge in [0.15, 0.2) is 0 Å². The van der Waals surface area contributed by atoms with Gasteiger partial charge in [0.2, 0.25) is 47.3 Å². The lowest BCUT2D eigenvalue weighted by Crippen LogP contribution is -2.52. The standard InChI is InChI=1S/4C25H28N4O4/c4*30-23-8-7-22(24(31)27-23)29-16-20-19(25(29)32)5-2-6-21(20)26-14-17-3-1-4-18(13-17)15-28-9-11-33-12-10-28/h4*1-6,13,22,26H,7-12,14-16H2,(H,27,30,31)/i7D2,8D2,9D2,10D2,11D2,12D2,14D2,15D2,16D2,22D;7D2,8D2,9D2,10D2,11D2,12D2,14D2,15D2,16D2;9D2,10D2,11D2,12D2,14D2,15D2,16D2,22D;9D2,10D2,11D2,12D2,14D2,15D2,16D2. The highest BCUT2D eigenvalue weighted by Gasteiger charge is 2.45. The zero-order valence-electron chi connectivity index (χ0n) is 133. The summed E-state index contributed by atoms with van der Waals surface area (Å²) in [6, 6.07) is 20.4. The molecule has 0 aliphatic carbocycles. The van der Waals surface area contributed by atoms with Crippen molar-refractivity contribution in [1.29, 1.82) is 0 Å². The van der Waals surface area contributed by atoms with Gasteiger partial charge < -0.3 is 59.8 Å². The molecule has 20 rings (SSSR count). The molecule has 4 atom stereocenters. The molecule has 132 heavy (non-hydrogen) atoms. The molecule has 12 aliphatic heterocycles. The molecule has 12 amide bonds. The number of benzene rings is 8. The van der Waals surface area contributed by atoms with Crippen LogP contribution in [0.1, 0.15) is 250 Å². The van der Waals surface area contributed by atoms with Crippen LogP contribution in [0.3, 0.4) is 0 Å². The van der Waals surface area contributed by atoms with Crippen molar-refractivity contribution < 1.29 is 167 Å². The van der Waals surface area contributed by atoms with E-state index in [-0.39, 0.29) is 87.9 Å². The Balaban J connectivity index is 0.000000171. The summed E-state index contributed by atoms with van der Waals surface area (Å²) in [6.45, 7) is -94.2. The van der Waals surface area contributed by atoms with Crippen LogP contribution < -0.4 is 42.5 Å². The molecule has 0 radical (unpaired) electrons. The van der Waals surface area contributed by atoms with Crippen LogP contribution in [0.15, 0.2) is 170 Å². The first-order valence-electron chi connectivity index (χ1n) is 71.9. The molecule has 8 aromatic carbocycles. The van der Waals surface area contributed by atoms with Gasteiger partial charge in [0, 0.05) is 267 Å². The van der Waals surface area contributed by atoms with Crippen LogP contribution in [-0.4, -0.2) is 239 Å². The summed E-state index contributed by atoms with van der Waals surface area (Å²) in [5, 5.41) is 16.8. The first kappa shape index (κ1) is 41.1. The molecule has 8 N–H and O–H groups in total. The highest BCUT2D eigenvalue weighted by Crippen LogP contribution is 2.38. The number of ether oxygens (including phenoxy) is 4. The Bertz CT molecular complexity index is 9040. The van der Waals surface area contributed by atoms with Gasteiger partial charge in [-0.05, 0) is 119 Å². The monoisotopic (exact) mass is 1860 g/mol. The van der Waals surface area contributed by atoms with E-state index in [0.29, 0.717) is 9.80 Å². The first-order chi connectivity index (χ1) is 89.0. The predicted octanol–water partition coefficient (Wildman–Crippen LogP) is 7.57. The van der Waals surface area contributed by atoms with E-state index in [2.05, 4.69) is 45.5 Å². The lowest BCUT2D eigenvalue weighted by Gasteiger charge is -2.29. The number of hydrogen-bond acceptors (Lipinski definition) is 24. The van der Waals surface area contributed by atoms with Crippen LogP contribution in [0.4, 0.5) is 22.7 Å². The van der Waals surface area contributed by atoms with Crippen molar-refractivity contribution in [2.45, 2.75) is 153 Å². The number of rotatable bonds is 24. The van der Waals surface area contributed by atoms with Crippen molar-refractivity contribution in [1.82, 2.24) is 60.5 Å². The van der Waals surface area contributed by atoms with Crippen LogP contribution in [0, 0.1) is 0 Å². The summed E-state index contributed by atoms with van der Waals surface area (Å²) in [6.07, 6.45) is -15.4. The summed E-state index contributed by atoms with van der Waals surface area (Å²) in [4.78, 5) is 153. The molecule has 0 saturated carbocycles. The fourth-order valence-corrected chi connectivity index (χ4v) is 13.3. The van der Waals surface area contributed by atoms with Gasteiger partial charge in [0.05, 0.1) is 99.1 Å². The topological polar surface area (TPSA) is 364 Å². The van der Waals surface area contributed by atoms with E-state index < -0.39 is 382 Å². The fraction of sp³-hybridized carbons (Fsp3) is 0.400. The number of nitrogens with zero attached hydrogens (tertiary/aromatic N) is 8. The molecule has 0 bridgehead atoms. The molecule has 12 aliphatic rings. The lowest BCUT2D eigenvalue weighted by atomic mass is 10.0. The Morgan fingerprint density at radius 1 is 0.311 bits per heavy atom. The number of carbonyl (C=O) groups is 12. The maximum atomic E-state index is 13.7. The average Bonchev–Trinajstić information content (AvgIpc) is 1.62. The molecular weight excluding hydrogens is 1680 g/mol.